The molecule has 170 valence electrons. The molecular weight excluding hydrogens is 424 g/mol. The van der Waals surface area contributed by atoms with Gasteiger partial charge in [0.15, 0.2) is 5.78 Å². The van der Waals surface area contributed by atoms with Crippen molar-refractivity contribution in [1.82, 2.24) is 5.27 Å². The van der Waals surface area contributed by atoms with E-state index in [0.29, 0.717) is 17.0 Å². The molecule has 2 aromatic carbocycles. The van der Waals surface area contributed by atoms with Gasteiger partial charge in [-0.05, 0) is 54.0 Å². The van der Waals surface area contributed by atoms with E-state index < -0.39 is 29.2 Å². The summed E-state index contributed by atoms with van der Waals surface area (Å²) in [4.78, 5) is 38.5. The molecule has 2 atom stereocenters. The van der Waals surface area contributed by atoms with E-state index in [1.54, 1.807) is 26.2 Å². The third kappa shape index (κ3) is 4.37. The highest BCUT2D eigenvalue weighted by Crippen LogP contribution is 2.39. The molecule has 3 aromatic rings. The van der Waals surface area contributed by atoms with Crippen molar-refractivity contribution in [3.63, 3.8) is 0 Å². The molecule has 1 aromatic heterocycles. The van der Waals surface area contributed by atoms with Crippen molar-refractivity contribution in [1.29, 1.82) is 0 Å². The number of hydrogen-bond donors (Lipinski definition) is 1. The first-order valence-corrected chi connectivity index (χ1v) is 10.7. The van der Waals surface area contributed by atoms with Crippen LogP contribution in [-0.2, 0) is 14.3 Å². The first-order valence-electron chi connectivity index (χ1n) is 10.7. The fourth-order valence-corrected chi connectivity index (χ4v) is 4.14. The van der Waals surface area contributed by atoms with E-state index in [0.717, 1.165) is 11.1 Å². The first kappa shape index (κ1) is 22.3. The molecule has 8 nitrogen and oxygen atoms in total. The Morgan fingerprint density at radius 3 is 2.45 bits per heavy atom. The van der Waals surface area contributed by atoms with Crippen LogP contribution in [0.1, 0.15) is 36.1 Å². The minimum absolute atomic E-state index is 0.170. The molecule has 0 spiro atoms. The predicted octanol–water partition coefficient (Wildman–Crippen LogP) is 2.88. The van der Waals surface area contributed by atoms with Crippen molar-refractivity contribution in [2.75, 3.05) is 13.7 Å². The number of aromatic nitrogens is 2. The summed E-state index contributed by atoms with van der Waals surface area (Å²) in [5.74, 6) is -1.84. The Bertz CT molecular complexity index is 1250. The standard InChI is InChI=1S/C25H24N2O6/c1-4-32-24(29)22-20(16-7-11-19(31-3)12-8-16)13-17(14-21(22)28)23-25(30)33-26-27(23)18-9-5-15(2)6-10-18/h5-12,14,20,22H,4,13H2,1-3H3/p+1. The molecule has 8 heteroatoms. The lowest BCUT2D eigenvalue weighted by Crippen LogP contribution is -2.40. The van der Waals surface area contributed by atoms with Crippen LogP contribution in [0.2, 0.25) is 0 Å². The highest BCUT2D eigenvalue weighted by Gasteiger charge is 2.43. The molecule has 0 saturated heterocycles. The van der Waals surface area contributed by atoms with Gasteiger partial charge in [-0.1, -0.05) is 29.8 Å². The number of aromatic amines is 1. The number of esters is 1. The zero-order valence-electron chi connectivity index (χ0n) is 18.7. The maximum atomic E-state index is 13.2. The average molecular weight is 449 g/mol. The van der Waals surface area contributed by atoms with Crippen LogP contribution in [0.5, 0.6) is 5.75 Å². The van der Waals surface area contributed by atoms with Crippen LogP contribution in [0, 0.1) is 12.8 Å². The first-order chi connectivity index (χ1) is 15.9. The van der Waals surface area contributed by atoms with Gasteiger partial charge < -0.3 is 9.47 Å². The van der Waals surface area contributed by atoms with Crippen LogP contribution in [0.3, 0.4) is 0 Å². The quantitative estimate of drug-likeness (QED) is 0.353. The molecule has 0 saturated carbocycles. The Morgan fingerprint density at radius 2 is 1.82 bits per heavy atom. The summed E-state index contributed by atoms with van der Waals surface area (Å²) in [6, 6.07) is 14.7. The lowest BCUT2D eigenvalue weighted by molar-refractivity contribution is -0.672. The van der Waals surface area contributed by atoms with E-state index in [2.05, 4.69) is 5.27 Å². The fourth-order valence-electron chi connectivity index (χ4n) is 4.14. The smallest absolute Gasteiger partial charge is 0.435 e. The SMILES string of the molecule is CCOC(=O)C1C(=O)C=C(c2c(=O)o[nH][n+]2-c2ccc(C)cc2)CC1c1ccc(OC)cc1. The molecule has 0 aliphatic heterocycles. The number of allylic oxidation sites excluding steroid dienone is 2. The molecule has 1 N–H and O–H groups in total. The number of aryl methyl sites for hydroxylation is 1. The van der Waals surface area contributed by atoms with Crippen LogP contribution in [0.25, 0.3) is 11.3 Å². The van der Waals surface area contributed by atoms with Crippen LogP contribution in [0.15, 0.2) is 63.9 Å². The summed E-state index contributed by atoms with van der Waals surface area (Å²) in [7, 11) is 1.57. The second-order valence-electron chi connectivity index (χ2n) is 7.89. The number of benzene rings is 2. The Hall–Kier alpha value is -3.94. The predicted molar refractivity (Wildman–Crippen MR) is 119 cm³/mol. The number of methoxy groups -OCH3 is 1. The number of H-pyrrole nitrogens is 1. The number of hydrogen-bond acceptors (Lipinski definition) is 6. The Kier molecular flexibility index (Phi) is 6.26. The molecular formula is C25H25N2O6+. The summed E-state index contributed by atoms with van der Waals surface area (Å²) < 4.78 is 17.0. The summed E-state index contributed by atoms with van der Waals surface area (Å²) in [5.41, 5.74) is 2.62. The maximum Gasteiger partial charge on any atom is 0.435 e. The van der Waals surface area contributed by atoms with Gasteiger partial charge in [-0.25, -0.2) is 4.79 Å². The number of ketones is 1. The number of nitrogens with one attached hydrogen (secondary N) is 1. The second kappa shape index (κ2) is 9.28. The Balaban J connectivity index is 1.79. The largest absolute Gasteiger partial charge is 0.497 e. The van der Waals surface area contributed by atoms with Gasteiger partial charge in [-0.15, -0.1) is 0 Å². The summed E-state index contributed by atoms with van der Waals surface area (Å²) >= 11 is 0. The minimum Gasteiger partial charge on any atom is -0.497 e. The van der Waals surface area contributed by atoms with E-state index in [1.807, 2.05) is 43.3 Å². The van der Waals surface area contributed by atoms with Crippen molar-refractivity contribution >= 4 is 17.3 Å². The third-order valence-electron chi connectivity index (χ3n) is 5.79. The zero-order valence-corrected chi connectivity index (χ0v) is 18.7. The Labute approximate surface area is 190 Å². The fraction of sp³-hybridized carbons (Fsp3) is 0.280. The van der Waals surface area contributed by atoms with E-state index in [1.165, 1.54) is 10.8 Å². The van der Waals surface area contributed by atoms with Crippen LogP contribution in [0.4, 0.5) is 0 Å². The van der Waals surface area contributed by atoms with E-state index in [9.17, 15) is 14.4 Å². The van der Waals surface area contributed by atoms with Crippen molar-refractivity contribution in [2.24, 2.45) is 5.92 Å². The lowest BCUT2D eigenvalue weighted by atomic mass is 9.74. The molecule has 0 radical (unpaired) electrons. The molecule has 33 heavy (non-hydrogen) atoms. The third-order valence-corrected chi connectivity index (χ3v) is 5.79. The van der Waals surface area contributed by atoms with Crippen molar-refractivity contribution in [2.45, 2.75) is 26.2 Å². The number of ether oxygens (including phenoxy) is 2. The van der Waals surface area contributed by atoms with Gasteiger partial charge in [0.1, 0.15) is 11.7 Å². The van der Waals surface area contributed by atoms with Gasteiger partial charge in [0.2, 0.25) is 5.69 Å². The van der Waals surface area contributed by atoms with E-state index >= 15 is 0 Å². The van der Waals surface area contributed by atoms with Gasteiger partial charge >= 0.3 is 17.3 Å². The molecule has 4 rings (SSSR count). The molecule has 1 aliphatic rings. The summed E-state index contributed by atoms with van der Waals surface area (Å²) in [5, 5.41) is 2.61. The van der Waals surface area contributed by atoms with Gasteiger partial charge in [0, 0.05) is 23.6 Å². The van der Waals surface area contributed by atoms with Gasteiger partial charge in [0.05, 0.1) is 13.7 Å². The van der Waals surface area contributed by atoms with Crippen molar-refractivity contribution in [3.8, 4) is 11.4 Å². The summed E-state index contributed by atoms with van der Waals surface area (Å²) in [6.45, 7) is 3.83. The maximum absolute atomic E-state index is 13.2. The molecule has 0 bridgehead atoms. The van der Waals surface area contributed by atoms with Crippen LogP contribution >= 0.6 is 0 Å². The zero-order chi connectivity index (χ0) is 23.5. The van der Waals surface area contributed by atoms with Crippen molar-refractivity contribution in [3.05, 3.63) is 81.8 Å². The topological polar surface area (TPSA) is 102 Å². The van der Waals surface area contributed by atoms with Crippen molar-refractivity contribution < 1.29 is 28.3 Å². The molecule has 2 unspecified atom stereocenters. The molecule has 1 heterocycles. The molecule has 1 aliphatic carbocycles. The number of rotatable bonds is 6. The second-order valence-corrected chi connectivity index (χ2v) is 7.89. The number of nitrogens with zero attached hydrogens (tertiary/aromatic N) is 1. The number of carbonyl (C=O) groups excluding carboxylic acids is 2. The van der Waals surface area contributed by atoms with Gasteiger partial charge in [-0.2, -0.15) is 0 Å². The van der Waals surface area contributed by atoms with Gasteiger partial charge in [-0.3, -0.25) is 14.1 Å². The summed E-state index contributed by atoms with van der Waals surface area (Å²) in [6.07, 6.45) is 1.63. The van der Waals surface area contributed by atoms with Gasteiger partial charge in [0.25, 0.3) is 0 Å². The molecule has 0 amide bonds. The molecule has 0 fully saturated rings. The highest BCUT2D eigenvalue weighted by molar-refractivity contribution is 6.10. The monoisotopic (exact) mass is 449 g/mol. The lowest BCUT2D eigenvalue weighted by Gasteiger charge is -2.28. The van der Waals surface area contributed by atoms with Crippen LogP contribution in [-0.4, -0.2) is 30.7 Å². The average Bonchev–Trinajstić information content (AvgIpc) is 3.20. The van der Waals surface area contributed by atoms with E-state index in [-0.39, 0.29) is 18.7 Å². The minimum atomic E-state index is -0.999. The number of carbonyl (C=O) groups is 2. The highest BCUT2D eigenvalue weighted by atomic mass is 16.5. The normalized spacial score (nSPS) is 18.0. The Morgan fingerprint density at radius 1 is 1.12 bits per heavy atom. The van der Waals surface area contributed by atoms with E-state index in [4.69, 9.17) is 14.0 Å². The van der Waals surface area contributed by atoms with Crippen LogP contribution < -0.4 is 15.0 Å².